The zero-order valence-corrected chi connectivity index (χ0v) is 11.1. The smallest absolute Gasteiger partial charge is 0.123 e. The number of piperidine rings is 1. The molecule has 1 fully saturated rings. The van der Waals surface area contributed by atoms with E-state index in [-0.39, 0.29) is 11.9 Å². The van der Waals surface area contributed by atoms with Gasteiger partial charge < -0.3 is 10.6 Å². The number of likely N-dealkylation sites (tertiary alicyclic amines) is 1. The highest BCUT2D eigenvalue weighted by Crippen LogP contribution is 2.21. The Morgan fingerprint density at radius 2 is 2.22 bits per heavy atom. The minimum atomic E-state index is -0.141. The maximum Gasteiger partial charge on any atom is 0.123 e. The van der Waals surface area contributed by atoms with E-state index < -0.39 is 0 Å². The number of benzene rings is 1. The van der Waals surface area contributed by atoms with Crippen LogP contribution in [-0.2, 0) is 6.42 Å². The molecule has 18 heavy (non-hydrogen) atoms. The summed E-state index contributed by atoms with van der Waals surface area (Å²) >= 11 is 0. The summed E-state index contributed by atoms with van der Waals surface area (Å²) in [7, 11) is 0. The highest BCUT2D eigenvalue weighted by molar-refractivity contribution is 5.17. The largest absolute Gasteiger partial charge is 0.327 e. The highest BCUT2D eigenvalue weighted by atomic mass is 19.1. The number of halogens is 1. The molecule has 2 N–H and O–H groups in total. The van der Waals surface area contributed by atoms with Crippen molar-refractivity contribution in [1.82, 2.24) is 4.90 Å². The molecule has 1 heterocycles. The van der Waals surface area contributed by atoms with Crippen LogP contribution in [0.2, 0.25) is 0 Å². The lowest BCUT2D eigenvalue weighted by Crippen LogP contribution is -2.47. The number of nitrogens with two attached hydrogens (primary N) is 1. The maximum absolute atomic E-state index is 13.2. The second-order valence-electron chi connectivity index (χ2n) is 5.46. The molecule has 0 aromatic heterocycles. The number of nitrogens with zero attached hydrogens (tertiary/aromatic N) is 1. The van der Waals surface area contributed by atoms with E-state index in [0.717, 1.165) is 38.0 Å². The summed E-state index contributed by atoms with van der Waals surface area (Å²) < 4.78 is 13.2. The normalized spacial score (nSPS) is 25.3. The van der Waals surface area contributed by atoms with E-state index in [1.807, 2.05) is 6.07 Å². The van der Waals surface area contributed by atoms with Gasteiger partial charge in [0, 0.05) is 19.1 Å². The van der Waals surface area contributed by atoms with Gasteiger partial charge in [0.1, 0.15) is 5.82 Å². The Kier molecular flexibility index (Phi) is 4.72. The minimum absolute atomic E-state index is 0.141. The Balaban J connectivity index is 1.95. The summed E-state index contributed by atoms with van der Waals surface area (Å²) in [6.45, 7) is 5.42. The Bertz CT molecular complexity index is 381. The molecule has 1 aromatic carbocycles. The second kappa shape index (κ2) is 6.30. The van der Waals surface area contributed by atoms with Crippen LogP contribution in [-0.4, -0.2) is 30.6 Å². The van der Waals surface area contributed by atoms with Gasteiger partial charge >= 0.3 is 0 Å². The monoisotopic (exact) mass is 250 g/mol. The Morgan fingerprint density at radius 1 is 1.39 bits per heavy atom. The fourth-order valence-electron chi connectivity index (χ4n) is 2.99. The third-order valence-electron chi connectivity index (χ3n) is 3.60. The van der Waals surface area contributed by atoms with Gasteiger partial charge in [-0.15, -0.1) is 0 Å². The van der Waals surface area contributed by atoms with Crippen LogP contribution in [0, 0.1) is 11.7 Å². The van der Waals surface area contributed by atoms with Gasteiger partial charge in [-0.2, -0.15) is 0 Å². The fourth-order valence-corrected chi connectivity index (χ4v) is 2.99. The Morgan fingerprint density at radius 3 is 2.94 bits per heavy atom. The van der Waals surface area contributed by atoms with E-state index in [0.29, 0.717) is 5.92 Å². The molecular weight excluding hydrogens is 227 g/mol. The van der Waals surface area contributed by atoms with Crippen molar-refractivity contribution in [2.45, 2.75) is 32.2 Å². The van der Waals surface area contributed by atoms with E-state index in [2.05, 4.69) is 11.8 Å². The van der Waals surface area contributed by atoms with E-state index in [9.17, 15) is 4.39 Å². The van der Waals surface area contributed by atoms with Gasteiger partial charge in [-0.3, -0.25) is 0 Å². The summed E-state index contributed by atoms with van der Waals surface area (Å²) in [5.41, 5.74) is 7.20. The van der Waals surface area contributed by atoms with Crippen molar-refractivity contribution in [1.29, 1.82) is 0 Å². The van der Waals surface area contributed by atoms with Crippen molar-refractivity contribution in [3.8, 4) is 0 Å². The summed E-state index contributed by atoms with van der Waals surface area (Å²) in [6.07, 6.45) is 3.15. The van der Waals surface area contributed by atoms with E-state index in [1.165, 1.54) is 12.5 Å². The first-order valence-corrected chi connectivity index (χ1v) is 6.89. The lowest BCUT2D eigenvalue weighted by Gasteiger charge is -2.36. The lowest BCUT2D eigenvalue weighted by atomic mass is 9.89. The molecule has 0 saturated carbocycles. The minimum Gasteiger partial charge on any atom is -0.327 e. The predicted molar refractivity (Wildman–Crippen MR) is 72.9 cm³/mol. The molecule has 1 aliphatic heterocycles. The van der Waals surface area contributed by atoms with Crippen LogP contribution in [0.15, 0.2) is 24.3 Å². The molecule has 2 nitrogen and oxygen atoms in total. The van der Waals surface area contributed by atoms with Gasteiger partial charge in [0.25, 0.3) is 0 Å². The van der Waals surface area contributed by atoms with Crippen LogP contribution >= 0.6 is 0 Å². The molecule has 2 unspecified atom stereocenters. The van der Waals surface area contributed by atoms with Gasteiger partial charge in [-0.05, 0) is 49.4 Å². The summed E-state index contributed by atoms with van der Waals surface area (Å²) in [4.78, 5) is 2.44. The van der Waals surface area contributed by atoms with Crippen molar-refractivity contribution in [3.63, 3.8) is 0 Å². The molecule has 0 amide bonds. The third kappa shape index (κ3) is 3.79. The standard InChI is InChI=1S/C15H23FN2/c1-2-6-18-10-13(9-15(17)11-18)7-12-4-3-5-14(16)8-12/h3-5,8,13,15H,2,6-7,9-11,17H2,1H3. The molecule has 2 atom stereocenters. The van der Waals surface area contributed by atoms with Gasteiger partial charge in [-0.25, -0.2) is 4.39 Å². The quantitative estimate of drug-likeness (QED) is 0.889. The SMILES string of the molecule is CCCN1CC(N)CC(Cc2cccc(F)c2)C1. The predicted octanol–water partition coefficient (Wildman–Crippen LogP) is 2.43. The summed E-state index contributed by atoms with van der Waals surface area (Å²) in [5, 5.41) is 0. The van der Waals surface area contributed by atoms with Gasteiger partial charge in [0.05, 0.1) is 0 Å². The van der Waals surface area contributed by atoms with Gasteiger partial charge in [-0.1, -0.05) is 19.1 Å². The average Bonchev–Trinajstić information content (AvgIpc) is 2.28. The number of hydrogen-bond acceptors (Lipinski definition) is 2. The topological polar surface area (TPSA) is 29.3 Å². The van der Waals surface area contributed by atoms with Gasteiger partial charge in [0.2, 0.25) is 0 Å². The van der Waals surface area contributed by atoms with Crippen molar-refractivity contribution in [3.05, 3.63) is 35.6 Å². The molecule has 100 valence electrons. The molecule has 1 aromatic rings. The molecule has 1 saturated heterocycles. The van der Waals surface area contributed by atoms with Crippen molar-refractivity contribution < 1.29 is 4.39 Å². The third-order valence-corrected chi connectivity index (χ3v) is 3.60. The lowest BCUT2D eigenvalue weighted by molar-refractivity contribution is 0.156. The fraction of sp³-hybridized carbons (Fsp3) is 0.600. The van der Waals surface area contributed by atoms with Crippen molar-refractivity contribution in [2.75, 3.05) is 19.6 Å². The first-order valence-electron chi connectivity index (χ1n) is 6.89. The molecule has 0 aliphatic carbocycles. The van der Waals surface area contributed by atoms with Crippen LogP contribution in [0.1, 0.15) is 25.3 Å². The number of rotatable bonds is 4. The van der Waals surface area contributed by atoms with Crippen LogP contribution in [0.3, 0.4) is 0 Å². The molecule has 0 radical (unpaired) electrons. The molecule has 3 heteroatoms. The summed E-state index contributed by atoms with van der Waals surface area (Å²) in [5.74, 6) is 0.417. The first kappa shape index (κ1) is 13.5. The first-order chi connectivity index (χ1) is 8.67. The molecule has 2 rings (SSSR count). The van der Waals surface area contributed by atoms with Crippen LogP contribution < -0.4 is 5.73 Å². The maximum atomic E-state index is 13.2. The van der Waals surface area contributed by atoms with Crippen LogP contribution in [0.5, 0.6) is 0 Å². The molecular formula is C15H23FN2. The van der Waals surface area contributed by atoms with Crippen molar-refractivity contribution in [2.24, 2.45) is 11.7 Å². The second-order valence-corrected chi connectivity index (χ2v) is 5.46. The Hall–Kier alpha value is -0.930. The molecule has 0 bridgehead atoms. The van der Waals surface area contributed by atoms with E-state index in [4.69, 9.17) is 5.73 Å². The molecule has 0 spiro atoms. The Labute approximate surface area is 109 Å². The van der Waals surface area contributed by atoms with Crippen LogP contribution in [0.4, 0.5) is 4.39 Å². The number of hydrogen-bond donors (Lipinski definition) is 1. The van der Waals surface area contributed by atoms with Crippen LogP contribution in [0.25, 0.3) is 0 Å². The van der Waals surface area contributed by atoms with Crippen molar-refractivity contribution >= 4 is 0 Å². The zero-order valence-electron chi connectivity index (χ0n) is 11.1. The zero-order chi connectivity index (χ0) is 13.0. The van der Waals surface area contributed by atoms with Gasteiger partial charge in [0.15, 0.2) is 0 Å². The van der Waals surface area contributed by atoms with E-state index in [1.54, 1.807) is 12.1 Å². The summed E-state index contributed by atoms with van der Waals surface area (Å²) in [6, 6.07) is 7.21. The molecule has 1 aliphatic rings. The highest BCUT2D eigenvalue weighted by Gasteiger charge is 2.24. The van der Waals surface area contributed by atoms with E-state index >= 15 is 0 Å². The average molecular weight is 250 g/mol.